The molecule has 1 saturated heterocycles. The second-order valence-corrected chi connectivity index (χ2v) is 8.11. The minimum atomic E-state index is -0.303. The summed E-state index contributed by atoms with van der Waals surface area (Å²) in [5.41, 5.74) is 7.56. The highest BCUT2D eigenvalue weighted by molar-refractivity contribution is 5.86. The van der Waals surface area contributed by atoms with Crippen molar-refractivity contribution in [2.45, 2.75) is 25.7 Å². The summed E-state index contributed by atoms with van der Waals surface area (Å²) >= 11 is 0. The fourth-order valence-electron chi connectivity index (χ4n) is 4.84. The van der Waals surface area contributed by atoms with Gasteiger partial charge in [0, 0.05) is 19.0 Å². The molecule has 1 aromatic heterocycles. The number of hydrogen-bond donors (Lipinski definition) is 1. The van der Waals surface area contributed by atoms with E-state index in [4.69, 9.17) is 15.2 Å². The summed E-state index contributed by atoms with van der Waals surface area (Å²) in [6.07, 6.45) is 5.29. The fraction of sp³-hybridized carbons (Fsp3) is 0.476. The Morgan fingerprint density at radius 3 is 2.54 bits per heavy atom. The average molecular weight is 380 g/mol. The van der Waals surface area contributed by atoms with Crippen molar-refractivity contribution in [2.75, 3.05) is 31.2 Å². The third kappa shape index (κ3) is 2.64. The molecule has 4 aliphatic rings. The molecule has 3 aliphatic carbocycles. The number of ether oxygens (including phenoxy) is 2. The number of aromatic nitrogens is 2. The van der Waals surface area contributed by atoms with Gasteiger partial charge in [0.2, 0.25) is 11.9 Å². The zero-order valence-electron chi connectivity index (χ0n) is 15.9. The number of morpholine rings is 1. The number of carbonyl (C=O) groups excluding carboxylic acids is 1. The molecule has 1 amide bonds. The highest BCUT2D eigenvalue weighted by Gasteiger charge is 2.69. The van der Waals surface area contributed by atoms with E-state index in [2.05, 4.69) is 27.0 Å². The van der Waals surface area contributed by atoms with Crippen molar-refractivity contribution >= 4 is 11.9 Å². The minimum absolute atomic E-state index is 0.157. The van der Waals surface area contributed by atoms with Crippen LogP contribution in [0.5, 0.6) is 11.5 Å². The molecule has 28 heavy (non-hydrogen) atoms. The highest BCUT2D eigenvalue weighted by atomic mass is 16.5. The van der Waals surface area contributed by atoms with Gasteiger partial charge in [0.15, 0.2) is 5.75 Å². The summed E-state index contributed by atoms with van der Waals surface area (Å²) < 4.78 is 11.3. The molecule has 1 aliphatic heterocycles. The van der Waals surface area contributed by atoms with Gasteiger partial charge in [0.25, 0.3) is 0 Å². The van der Waals surface area contributed by atoms with E-state index < -0.39 is 0 Å². The molecule has 3 saturated carbocycles. The molecule has 7 heteroatoms. The minimum Gasteiger partial charge on any atom is -0.454 e. The molecule has 2 bridgehead atoms. The highest BCUT2D eigenvalue weighted by Crippen LogP contribution is 2.73. The number of anilines is 1. The van der Waals surface area contributed by atoms with Gasteiger partial charge < -0.3 is 20.1 Å². The standard InChI is InChI=1S/C21H24N4O3/c1-13-8-14(18-15-9-21(18,10-15)19(22)26)2-3-17(13)28-16-11-23-20(24-12-16)25-4-6-27-7-5-25/h2-3,8,11-12,15,18H,4-7,9-10H2,1H3,(H2,22,26). The van der Waals surface area contributed by atoms with Crippen molar-refractivity contribution in [2.24, 2.45) is 17.1 Å². The lowest BCUT2D eigenvalue weighted by atomic mass is 9.36. The summed E-state index contributed by atoms with van der Waals surface area (Å²) in [6.45, 7) is 5.02. The van der Waals surface area contributed by atoms with Gasteiger partial charge in [0.1, 0.15) is 5.75 Å². The molecule has 2 N–H and O–H groups in total. The summed E-state index contributed by atoms with van der Waals surface area (Å²) in [5.74, 6) is 2.79. The lowest BCUT2D eigenvalue weighted by molar-refractivity contribution is -0.173. The number of carbonyl (C=O) groups is 1. The zero-order valence-corrected chi connectivity index (χ0v) is 15.9. The van der Waals surface area contributed by atoms with Crippen LogP contribution in [-0.2, 0) is 9.53 Å². The van der Waals surface area contributed by atoms with Crippen LogP contribution in [0.4, 0.5) is 5.95 Å². The van der Waals surface area contributed by atoms with E-state index in [1.165, 1.54) is 5.56 Å². The lowest BCUT2D eigenvalue weighted by Crippen LogP contribution is -2.65. The maximum atomic E-state index is 11.8. The Labute approximate surface area is 163 Å². The van der Waals surface area contributed by atoms with Gasteiger partial charge >= 0.3 is 0 Å². The summed E-state index contributed by atoms with van der Waals surface area (Å²) in [7, 11) is 0. The van der Waals surface area contributed by atoms with Gasteiger partial charge in [-0.1, -0.05) is 12.1 Å². The first-order chi connectivity index (χ1) is 13.6. The third-order valence-corrected chi connectivity index (χ3v) is 6.50. The molecule has 0 radical (unpaired) electrons. The predicted molar refractivity (Wildman–Crippen MR) is 103 cm³/mol. The van der Waals surface area contributed by atoms with Crippen LogP contribution in [-0.4, -0.2) is 42.2 Å². The molecular weight excluding hydrogens is 356 g/mol. The van der Waals surface area contributed by atoms with Crippen molar-refractivity contribution < 1.29 is 14.3 Å². The van der Waals surface area contributed by atoms with Crippen LogP contribution in [0.25, 0.3) is 0 Å². The first kappa shape index (κ1) is 17.4. The Morgan fingerprint density at radius 2 is 1.96 bits per heavy atom. The molecule has 1 aromatic carbocycles. The van der Waals surface area contributed by atoms with Crippen molar-refractivity contribution in [3.8, 4) is 11.5 Å². The molecule has 6 rings (SSSR count). The fourth-order valence-corrected chi connectivity index (χ4v) is 4.84. The van der Waals surface area contributed by atoms with Gasteiger partial charge in [-0.3, -0.25) is 4.79 Å². The number of amides is 1. The topological polar surface area (TPSA) is 90.6 Å². The maximum absolute atomic E-state index is 11.8. The van der Waals surface area contributed by atoms with Gasteiger partial charge in [-0.25, -0.2) is 9.97 Å². The Balaban J connectivity index is 1.29. The lowest BCUT2D eigenvalue weighted by Gasteiger charge is -2.66. The molecule has 1 atom stereocenters. The van der Waals surface area contributed by atoms with Crippen LogP contribution in [0.3, 0.4) is 0 Å². The van der Waals surface area contributed by atoms with Gasteiger partial charge in [-0.2, -0.15) is 0 Å². The van der Waals surface area contributed by atoms with E-state index >= 15 is 0 Å². The number of nitrogens with two attached hydrogens (primary N) is 1. The largest absolute Gasteiger partial charge is 0.454 e. The molecule has 2 heterocycles. The monoisotopic (exact) mass is 380 g/mol. The predicted octanol–water partition coefficient (Wildman–Crippen LogP) is 2.39. The van der Waals surface area contributed by atoms with Crippen LogP contribution in [0.1, 0.15) is 29.9 Å². The first-order valence-electron chi connectivity index (χ1n) is 9.80. The van der Waals surface area contributed by atoms with E-state index in [9.17, 15) is 4.79 Å². The number of primary amides is 1. The molecule has 7 nitrogen and oxygen atoms in total. The SMILES string of the molecule is Cc1cc(C2C3CC2(C(N)=O)C3)ccc1Oc1cnc(N2CCOCC2)nc1. The van der Waals surface area contributed by atoms with E-state index in [-0.39, 0.29) is 17.2 Å². The number of hydrogen-bond acceptors (Lipinski definition) is 6. The molecule has 2 aromatic rings. The van der Waals surface area contributed by atoms with E-state index in [1.54, 1.807) is 12.4 Å². The average Bonchev–Trinajstić information content (AvgIpc) is 2.63. The second-order valence-electron chi connectivity index (χ2n) is 8.11. The van der Waals surface area contributed by atoms with Gasteiger partial charge in [0.05, 0.1) is 31.0 Å². The zero-order chi connectivity index (χ0) is 19.3. The number of benzene rings is 1. The third-order valence-electron chi connectivity index (χ3n) is 6.50. The Kier molecular flexibility index (Phi) is 4.01. The van der Waals surface area contributed by atoms with Crippen LogP contribution in [0.15, 0.2) is 30.6 Å². The van der Waals surface area contributed by atoms with E-state index in [0.29, 0.717) is 30.8 Å². The van der Waals surface area contributed by atoms with Crippen molar-refractivity contribution in [3.05, 3.63) is 41.7 Å². The second kappa shape index (κ2) is 6.44. The van der Waals surface area contributed by atoms with Crippen molar-refractivity contribution in [3.63, 3.8) is 0 Å². The first-order valence-corrected chi connectivity index (χ1v) is 9.80. The molecule has 4 fully saturated rings. The van der Waals surface area contributed by atoms with Gasteiger partial charge in [-0.15, -0.1) is 0 Å². The Hall–Kier alpha value is -2.67. The van der Waals surface area contributed by atoms with Crippen molar-refractivity contribution in [1.82, 2.24) is 9.97 Å². The summed E-state index contributed by atoms with van der Waals surface area (Å²) in [4.78, 5) is 22.8. The molecule has 146 valence electrons. The van der Waals surface area contributed by atoms with Crippen LogP contribution >= 0.6 is 0 Å². The molecule has 0 spiro atoms. The normalized spacial score (nSPS) is 28.2. The van der Waals surface area contributed by atoms with E-state index in [0.717, 1.165) is 37.2 Å². The Morgan fingerprint density at radius 1 is 1.25 bits per heavy atom. The number of aryl methyl sites for hydroxylation is 1. The summed E-state index contributed by atoms with van der Waals surface area (Å²) in [5, 5.41) is 0. The number of nitrogens with zero attached hydrogens (tertiary/aromatic N) is 3. The maximum Gasteiger partial charge on any atom is 0.225 e. The van der Waals surface area contributed by atoms with Crippen LogP contribution in [0, 0.1) is 18.3 Å². The number of rotatable bonds is 5. The Bertz CT molecular complexity index is 902. The summed E-state index contributed by atoms with van der Waals surface area (Å²) in [6, 6.07) is 6.14. The smallest absolute Gasteiger partial charge is 0.225 e. The van der Waals surface area contributed by atoms with Gasteiger partial charge in [-0.05, 0) is 42.9 Å². The molecule has 1 unspecified atom stereocenters. The van der Waals surface area contributed by atoms with Crippen molar-refractivity contribution in [1.29, 1.82) is 0 Å². The van der Waals surface area contributed by atoms with E-state index in [1.807, 2.05) is 13.0 Å². The quantitative estimate of drug-likeness (QED) is 0.857. The van der Waals surface area contributed by atoms with Crippen LogP contribution < -0.4 is 15.4 Å². The van der Waals surface area contributed by atoms with Crippen LogP contribution in [0.2, 0.25) is 0 Å². The molecular formula is C21H24N4O3.